The fraction of sp³-hybridized carbons (Fsp3) is 0.429. The van der Waals surface area contributed by atoms with E-state index in [-0.39, 0.29) is 5.69 Å². The SMILES string of the molecule is COC(OC)c1nc(C(=O)O)cs1. The second-order valence-electron chi connectivity index (χ2n) is 2.18. The fourth-order valence-electron chi connectivity index (χ4n) is 0.792. The normalized spacial score (nSPS) is 10.7. The van der Waals surface area contributed by atoms with E-state index in [9.17, 15) is 4.79 Å². The van der Waals surface area contributed by atoms with Crippen LogP contribution in [0.25, 0.3) is 0 Å². The van der Waals surface area contributed by atoms with Crippen LogP contribution < -0.4 is 0 Å². The average Bonchev–Trinajstić information content (AvgIpc) is 2.56. The number of hydrogen-bond donors (Lipinski definition) is 1. The number of thiazole rings is 1. The summed E-state index contributed by atoms with van der Waals surface area (Å²) in [6.07, 6.45) is -0.585. The summed E-state index contributed by atoms with van der Waals surface area (Å²) in [6.45, 7) is 0. The topological polar surface area (TPSA) is 68.7 Å². The van der Waals surface area contributed by atoms with Crippen molar-refractivity contribution in [2.24, 2.45) is 0 Å². The molecule has 0 aliphatic rings. The maximum absolute atomic E-state index is 10.5. The number of carboxylic acid groups (broad SMARTS) is 1. The van der Waals surface area contributed by atoms with Gasteiger partial charge in [0.2, 0.25) is 6.29 Å². The largest absolute Gasteiger partial charge is 0.476 e. The molecule has 72 valence electrons. The molecule has 0 spiro atoms. The van der Waals surface area contributed by atoms with Gasteiger partial charge in [-0.1, -0.05) is 0 Å². The average molecular weight is 203 g/mol. The molecule has 0 radical (unpaired) electrons. The summed E-state index contributed by atoms with van der Waals surface area (Å²) < 4.78 is 9.82. The zero-order valence-electron chi connectivity index (χ0n) is 7.18. The van der Waals surface area contributed by atoms with E-state index in [0.717, 1.165) is 0 Å². The molecule has 0 aromatic carbocycles. The highest BCUT2D eigenvalue weighted by molar-refractivity contribution is 7.09. The van der Waals surface area contributed by atoms with Crippen molar-refractivity contribution in [1.29, 1.82) is 0 Å². The Morgan fingerprint density at radius 3 is 2.62 bits per heavy atom. The minimum Gasteiger partial charge on any atom is -0.476 e. The molecular weight excluding hydrogens is 194 g/mol. The van der Waals surface area contributed by atoms with E-state index in [1.165, 1.54) is 30.9 Å². The van der Waals surface area contributed by atoms with Crippen LogP contribution in [-0.4, -0.2) is 30.3 Å². The van der Waals surface area contributed by atoms with Gasteiger partial charge < -0.3 is 14.6 Å². The number of nitrogens with zero attached hydrogens (tertiary/aromatic N) is 1. The summed E-state index contributed by atoms with van der Waals surface area (Å²) in [5, 5.41) is 10.5. The van der Waals surface area contributed by atoms with E-state index in [1.54, 1.807) is 0 Å². The van der Waals surface area contributed by atoms with E-state index >= 15 is 0 Å². The lowest BCUT2D eigenvalue weighted by molar-refractivity contribution is -0.106. The molecule has 0 bridgehead atoms. The monoisotopic (exact) mass is 203 g/mol. The molecule has 0 atom stereocenters. The maximum Gasteiger partial charge on any atom is 0.355 e. The molecule has 1 rings (SSSR count). The van der Waals surface area contributed by atoms with Crippen LogP contribution in [0.1, 0.15) is 21.8 Å². The van der Waals surface area contributed by atoms with Crippen LogP contribution in [0, 0.1) is 0 Å². The van der Waals surface area contributed by atoms with Gasteiger partial charge in [-0.2, -0.15) is 0 Å². The Bertz CT molecular complexity index is 294. The summed E-state index contributed by atoms with van der Waals surface area (Å²) in [4.78, 5) is 14.3. The summed E-state index contributed by atoms with van der Waals surface area (Å²) in [6, 6.07) is 0. The van der Waals surface area contributed by atoms with Crippen LogP contribution >= 0.6 is 11.3 Å². The predicted molar refractivity (Wildman–Crippen MR) is 45.8 cm³/mol. The number of carboxylic acids is 1. The van der Waals surface area contributed by atoms with E-state index in [1.807, 2.05) is 0 Å². The van der Waals surface area contributed by atoms with Gasteiger partial charge in [0.25, 0.3) is 0 Å². The van der Waals surface area contributed by atoms with Crippen molar-refractivity contribution >= 4 is 17.3 Å². The zero-order chi connectivity index (χ0) is 9.84. The van der Waals surface area contributed by atoms with Gasteiger partial charge in [-0.15, -0.1) is 11.3 Å². The Balaban J connectivity index is 2.84. The van der Waals surface area contributed by atoms with Crippen molar-refractivity contribution in [3.05, 3.63) is 16.1 Å². The van der Waals surface area contributed by atoms with Crippen molar-refractivity contribution in [2.45, 2.75) is 6.29 Å². The lowest BCUT2D eigenvalue weighted by atomic mass is 10.5. The fourth-order valence-corrected chi connectivity index (χ4v) is 1.63. The molecule has 13 heavy (non-hydrogen) atoms. The second-order valence-corrected chi connectivity index (χ2v) is 3.07. The van der Waals surface area contributed by atoms with Gasteiger partial charge in [-0.3, -0.25) is 0 Å². The smallest absolute Gasteiger partial charge is 0.355 e. The van der Waals surface area contributed by atoms with Crippen molar-refractivity contribution in [1.82, 2.24) is 4.98 Å². The molecule has 0 aliphatic carbocycles. The third kappa shape index (κ3) is 2.24. The standard InChI is InChI=1S/C7H9NO4S/c1-11-7(12-2)5-8-4(3-13-5)6(9)10/h3,7H,1-2H3,(H,9,10). The Morgan fingerprint density at radius 1 is 1.62 bits per heavy atom. The van der Waals surface area contributed by atoms with Gasteiger partial charge in [0, 0.05) is 19.6 Å². The van der Waals surface area contributed by atoms with E-state index < -0.39 is 12.3 Å². The number of aromatic nitrogens is 1. The first kappa shape index (κ1) is 10.1. The molecule has 1 heterocycles. The van der Waals surface area contributed by atoms with Crippen LogP contribution in [0.2, 0.25) is 0 Å². The molecular formula is C7H9NO4S. The molecule has 1 aromatic rings. The molecule has 1 N–H and O–H groups in total. The Morgan fingerprint density at radius 2 is 2.23 bits per heavy atom. The highest BCUT2D eigenvalue weighted by Gasteiger charge is 2.16. The Hall–Kier alpha value is -0.980. The van der Waals surface area contributed by atoms with Gasteiger partial charge in [-0.05, 0) is 0 Å². The predicted octanol–water partition coefficient (Wildman–Crippen LogP) is 1.13. The van der Waals surface area contributed by atoms with E-state index in [4.69, 9.17) is 14.6 Å². The molecule has 6 heteroatoms. The number of carbonyl (C=O) groups is 1. The quantitative estimate of drug-likeness (QED) is 0.743. The first-order valence-electron chi connectivity index (χ1n) is 3.43. The molecule has 0 saturated carbocycles. The summed E-state index contributed by atoms with van der Waals surface area (Å²) in [5.74, 6) is -1.05. The van der Waals surface area contributed by atoms with Crippen LogP contribution in [0.4, 0.5) is 0 Å². The van der Waals surface area contributed by atoms with Gasteiger partial charge in [0.1, 0.15) is 5.01 Å². The lowest BCUT2D eigenvalue weighted by Crippen LogP contribution is -2.04. The zero-order valence-corrected chi connectivity index (χ0v) is 8.00. The number of methoxy groups -OCH3 is 2. The van der Waals surface area contributed by atoms with Gasteiger partial charge in [-0.25, -0.2) is 9.78 Å². The molecule has 0 saturated heterocycles. The number of hydrogen-bond acceptors (Lipinski definition) is 5. The number of aromatic carboxylic acids is 1. The van der Waals surface area contributed by atoms with Gasteiger partial charge >= 0.3 is 5.97 Å². The highest BCUT2D eigenvalue weighted by atomic mass is 32.1. The van der Waals surface area contributed by atoms with Gasteiger partial charge in [0.05, 0.1) is 0 Å². The first-order valence-corrected chi connectivity index (χ1v) is 4.31. The van der Waals surface area contributed by atoms with Crippen molar-refractivity contribution in [3.8, 4) is 0 Å². The molecule has 0 fully saturated rings. The molecule has 0 unspecified atom stereocenters. The number of ether oxygens (including phenoxy) is 2. The summed E-state index contributed by atoms with van der Waals surface area (Å²) in [5.41, 5.74) is 0.0131. The maximum atomic E-state index is 10.5. The third-order valence-corrected chi connectivity index (χ3v) is 2.24. The van der Waals surface area contributed by atoms with Crippen LogP contribution in [0.5, 0.6) is 0 Å². The van der Waals surface area contributed by atoms with Crippen molar-refractivity contribution in [2.75, 3.05) is 14.2 Å². The summed E-state index contributed by atoms with van der Waals surface area (Å²) >= 11 is 1.19. The van der Waals surface area contributed by atoms with Crippen LogP contribution in [-0.2, 0) is 9.47 Å². The van der Waals surface area contributed by atoms with E-state index in [2.05, 4.69) is 4.98 Å². The lowest BCUT2D eigenvalue weighted by Gasteiger charge is -2.08. The van der Waals surface area contributed by atoms with E-state index in [0.29, 0.717) is 5.01 Å². The Labute approximate surface area is 78.9 Å². The summed E-state index contributed by atoms with van der Waals surface area (Å²) in [7, 11) is 2.94. The second kappa shape index (κ2) is 4.31. The Kier molecular flexibility index (Phi) is 3.35. The third-order valence-electron chi connectivity index (χ3n) is 1.37. The molecule has 0 amide bonds. The number of rotatable bonds is 4. The van der Waals surface area contributed by atoms with Crippen LogP contribution in [0.3, 0.4) is 0 Å². The van der Waals surface area contributed by atoms with Gasteiger partial charge in [0.15, 0.2) is 5.69 Å². The molecule has 0 aliphatic heterocycles. The minimum atomic E-state index is -1.05. The highest BCUT2D eigenvalue weighted by Crippen LogP contribution is 2.21. The van der Waals surface area contributed by atoms with Crippen molar-refractivity contribution in [3.63, 3.8) is 0 Å². The molecule has 1 aromatic heterocycles. The van der Waals surface area contributed by atoms with Crippen molar-refractivity contribution < 1.29 is 19.4 Å². The molecule has 5 nitrogen and oxygen atoms in total. The minimum absolute atomic E-state index is 0.0131. The van der Waals surface area contributed by atoms with Crippen LogP contribution in [0.15, 0.2) is 5.38 Å². The first-order chi connectivity index (χ1) is 6.19.